The Morgan fingerprint density at radius 3 is 2.48 bits per heavy atom. The van der Waals surface area contributed by atoms with E-state index in [1.54, 1.807) is 23.6 Å². The molecule has 1 N–H and O–H groups in total. The molecule has 0 spiro atoms. The predicted molar refractivity (Wildman–Crippen MR) is 119 cm³/mol. The summed E-state index contributed by atoms with van der Waals surface area (Å²) < 4.78 is 28.4. The molecule has 1 saturated heterocycles. The van der Waals surface area contributed by atoms with Gasteiger partial charge in [-0.2, -0.15) is 9.29 Å². The molecule has 0 unspecified atom stereocenters. The van der Waals surface area contributed by atoms with E-state index < -0.39 is 15.3 Å². The third-order valence-corrected chi connectivity index (χ3v) is 7.94. The van der Waals surface area contributed by atoms with Gasteiger partial charge in [0, 0.05) is 30.2 Å². The van der Waals surface area contributed by atoms with E-state index in [0.717, 1.165) is 24.2 Å². The smallest absolute Gasteiger partial charge is 0.253 e. The van der Waals surface area contributed by atoms with E-state index in [9.17, 15) is 13.2 Å². The standard InChI is InChI=1S/C20H24N6O3S2/c1-13-12-14(2)26-19(21-13)23-20(24-26)30-15(3)18(27)22-16-6-8-17(9-7-16)31(28,29)25-10-4-5-11-25/h6-9,12,15H,4-5,10-11H2,1-3H3,(H,22,27)/t15-/m1/s1. The van der Waals surface area contributed by atoms with Gasteiger partial charge in [0.05, 0.1) is 10.1 Å². The molecule has 164 valence electrons. The molecule has 3 aromatic rings. The second kappa shape index (κ2) is 8.56. The molecule has 0 aliphatic carbocycles. The van der Waals surface area contributed by atoms with Gasteiger partial charge in [-0.15, -0.1) is 5.10 Å². The molecule has 2 aromatic heterocycles. The van der Waals surface area contributed by atoms with Gasteiger partial charge in [-0.3, -0.25) is 4.79 Å². The fraction of sp³-hybridized carbons (Fsp3) is 0.400. The first-order chi connectivity index (χ1) is 14.7. The highest BCUT2D eigenvalue weighted by molar-refractivity contribution is 8.00. The molecule has 1 fully saturated rings. The Kier molecular flexibility index (Phi) is 6.00. The number of anilines is 1. The molecule has 0 saturated carbocycles. The van der Waals surface area contributed by atoms with E-state index in [4.69, 9.17) is 0 Å². The summed E-state index contributed by atoms with van der Waals surface area (Å²) in [7, 11) is -3.47. The quantitative estimate of drug-likeness (QED) is 0.563. The molecule has 0 bridgehead atoms. The lowest BCUT2D eigenvalue weighted by molar-refractivity contribution is -0.115. The highest BCUT2D eigenvalue weighted by Gasteiger charge is 2.27. The van der Waals surface area contributed by atoms with Crippen molar-refractivity contribution in [2.24, 2.45) is 0 Å². The third kappa shape index (κ3) is 4.58. The normalized spacial score (nSPS) is 16.0. The predicted octanol–water partition coefficient (Wildman–Crippen LogP) is 2.64. The maximum atomic E-state index is 12.6. The number of benzene rings is 1. The van der Waals surface area contributed by atoms with Gasteiger partial charge in [-0.05, 0) is 63.9 Å². The van der Waals surface area contributed by atoms with Crippen LogP contribution in [0.25, 0.3) is 5.78 Å². The molecule has 3 heterocycles. The molecule has 1 atom stereocenters. The zero-order valence-electron chi connectivity index (χ0n) is 17.6. The Labute approximate surface area is 185 Å². The van der Waals surface area contributed by atoms with Gasteiger partial charge >= 0.3 is 0 Å². The number of amides is 1. The number of rotatable bonds is 6. The lowest BCUT2D eigenvalue weighted by Crippen LogP contribution is -2.27. The topological polar surface area (TPSA) is 110 Å². The molecule has 11 heteroatoms. The van der Waals surface area contributed by atoms with E-state index in [2.05, 4.69) is 20.4 Å². The van der Waals surface area contributed by atoms with Gasteiger partial charge in [0.25, 0.3) is 5.78 Å². The molecular formula is C20H24N6O3S2. The van der Waals surface area contributed by atoms with Crippen molar-refractivity contribution in [2.45, 2.75) is 48.9 Å². The van der Waals surface area contributed by atoms with Crippen molar-refractivity contribution in [1.29, 1.82) is 0 Å². The molecule has 9 nitrogen and oxygen atoms in total. The minimum Gasteiger partial charge on any atom is -0.325 e. The zero-order valence-corrected chi connectivity index (χ0v) is 19.2. The van der Waals surface area contributed by atoms with Crippen LogP contribution in [0.5, 0.6) is 0 Å². The lowest BCUT2D eigenvalue weighted by Gasteiger charge is -2.16. The summed E-state index contributed by atoms with van der Waals surface area (Å²) in [4.78, 5) is 21.6. The summed E-state index contributed by atoms with van der Waals surface area (Å²) in [5.41, 5.74) is 2.31. The second-order valence-corrected chi connectivity index (χ2v) is 10.8. The molecule has 1 aliphatic heterocycles. The Hall–Kier alpha value is -2.50. The highest BCUT2D eigenvalue weighted by Crippen LogP contribution is 2.24. The number of hydrogen-bond acceptors (Lipinski definition) is 7. The Balaban J connectivity index is 1.41. The van der Waals surface area contributed by atoms with Gasteiger partial charge in [-0.1, -0.05) is 11.8 Å². The van der Waals surface area contributed by atoms with E-state index >= 15 is 0 Å². The fourth-order valence-electron chi connectivity index (χ4n) is 3.44. The van der Waals surface area contributed by atoms with Crippen LogP contribution in [-0.2, 0) is 14.8 Å². The first-order valence-electron chi connectivity index (χ1n) is 10.0. The molecule has 31 heavy (non-hydrogen) atoms. The van der Waals surface area contributed by atoms with Gasteiger partial charge in [0.15, 0.2) is 0 Å². The number of hydrogen-bond donors (Lipinski definition) is 1. The largest absolute Gasteiger partial charge is 0.325 e. The van der Waals surface area contributed by atoms with Gasteiger partial charge in [0.2, 0.25) is 21.1 Å². The van der Waals surface area contributed by atoms with Crippen LogP contribution in [0.2, 0.25) is 0 Å². The van der Waals surface area contributed by atoms with Crippen molar-refractivity contribution in [2.75, 3.05) is 18.4 Å². The zero-order chi connectivity index (χ0) is 22.2. The first kappa shape index (κ1) is 21.7. The number of carbonyl (C=O) groups is 1. The summed E-state index contributed by atoms with van der Waals surface area (Å²) in [6, 6.07) is 8.19. The van der Waals surface area contributed by atoms with Gasteiger partial charge < -0.3 is 5.32 Å². The average molecular weight is 461 g/mol. The van der Waals surface area contributed by atoms with Gasteiger partial charge in [-0.25, -0.2) is 17.9 Å². The van der Waals surface area contributed by atoms with Crippen molar-refractivity contribution < 1.29 is 13.2 Å². The maximum absolute atomic E-state index is 12.6. The molecular weight excluding hydrogens is 436 g/mol. The van der Waals surface area contributed by atoms with Crippen molar-refractivity contribution in [1.82, 2.24) is 23.9 Å². The summed E-state index contributed by atoms with van der Waals surface area (Å²) in [5, 5.41) is 7.25. The van der Waals surface area contributed by atoms with E-state index in [1.807, 2.05) is 19.9 Å². The number of nitrogens with zero attached hydrogens (tertiary/aromatic N) is 5. The Morgan fingerprint density at radius 2 is 1.81 bits per heavy atom. The van der Waals surface area contributed by atoms with Crippen LogP contribution < -0.4 is 5.32 Å². The second-order valence-electron chi connectivity index (χ2n) is 7.53. The van der Waals surface area contributed by atoms with Crippen molar-refractivity contribution in [3.63, 3.8) is 0 Å². The maximum Gasteiger partial charge on any atom is 0.253 e. The van der Waals surface area contributed by atoms with Gasteiger partial charge in [0.1, 0.15) is 0 Å². The summed E-state index contributed by atoms with van der Waals surface area (Å²) in [6.45, 7) is 6.70. The van der Waals surface area contributed by atoms with Crippen LogP contribution in [-0.4, -0.2) is 56.6 Å². The SMILES string of the molecule is Cc1cc(C)n2nc(S[C@H](C)C(=O)Nc3ccc(S(=O)(=O)N4CCCC4)cc3)nc2n1. The van der Waals surface area contributed by atoms with Crippen LogP contribution in [0.3, 0.4) is 0 Å². The molecule has 1 aromatic carbocycles. The van der Waals surface area contributed by atoms with E-state index in [0.29, 0.717) is 29.7 Å². The molecule has 1 aliphatic rings. The molecule has 0 radical (unpaired) electrons. The number of carbonyl (C=O) groups excluding carboxylic acids is 1. The van der Waals surface area contributed by atoms with Crippen LogP contribution >= 0.6 is 11.8 Å². The summed E-state index contributed by atoms with van der Waals surface area (Å²) in [5.74, 6) is 0.280. The Bertz CT molecular complexity index is 1220. The minimum absolute atomic E-state index is 0.222. The number of fused-ring (bicyclic) bond motifs is 1. The average Bonchev–Trinajstić information content (AvgIpc) is 3.38. The monoisotopic (exact) mass is 460 g/mol. The number of sulfonamides is 1. The molecule has 1 amide bonds. The number of nitrogens with one attached hydrogen (secondary N) is 1. The van der Waals surface area contributed by atoms with Crippen molar-refractivity contribution in [3.8, 4) is 0 Å². The van der Waals surface area contributed by atoms with Crippen LogP contribution in [0.1, 0.15) is 31.2 Å². The first-order valence-corrected chi connectivity index (χ1v) is 12.3. The van der Waals surface area contributed by atoms with Crippen LogP contribution in [0, 0.1) is 13.8 Å². The summed E-state index contributed by atoms with van der Waals surface area (Å²) >= 11 is 1.24. The van der Waals surface area contributed by atoms with Crippen molar-refractivity contribution in [3.05, 3.63) is 41.7 Å². The fourth-order valence-corrected chi connectivity index (χ4v) is 5.70. The Morgan fingerprint density at radius 1 is 1.13 bits per heavy atom. The minimum atomic E-state index is -3.47. The summed E-state index contributed by atoms with van der Waals surface area (Å²) in [6.07, 6.45) is 1.78. The molecule has 4 rings (SSSR count). The van der Waals surface area contributed by atoms with E-state index in [-0.39, 0.29) is 10.8 Å². The highest BCUT2D eigenvalue weighted by atomic mass is 32.2. The van der Waals surface area contributed by atoms with Crippen molar-refractivity contribution >= 4 is 39.2 Å². The lowest BCUT2D eigenvalue weighted by atomic mass is 10.3. The number of aryl methyl sites for hydroxylation is 2. The van der Waals surface area contributed by atoms with Crippen LogP contribution in [0.4, 0.5) is 5.69 Å². The third-order valence-electron chi connectivity index (χ3n) is 5.07. The van der Waals surface area contributed by atoms with Crippen LogP contribution in [0.15, 0.2) is 40.4 Å². The van der Waals surface area contributed by atoms with E-state index in [1.165, 1.54) is 28.2 Å². The number of thioether (sulfide) groups is 1. The number of aromatic nitrogens is 4.